The van der Waals surface area contributed by atoms with Crippen LogP contribution in [0.3, 0.4) is 0 Å². The van der Waals surface area contributed by atoms with Gasteiger partial charge in [-0.1, -0.05) is 29.8 Å². The smallest absolute Gasteiger partial charge is 0.242 e. The summed E-state index contributed by atoms with van der Waals surface area (Å²) in [6, 6.07) is 13.2. The van der Waals surface area contributed by atoms with Gasteiger partial charge in [-0.25, -0.2) is 8.42 Å². The lowest BCUT2D eigenvalue weighted by Crippen LogP contribution is -2.47. The highest BCUT2D eigenvalue weighted by molar-refractivity contribution is 7.92. The van der Waals surface area contributed by atoms with Crippen molar-refractivity contribution in [1.82, 2.24) is 10.2 Å². The number of hydrogen-bond donors (Lipinski definition) is 1. The molecule has 0 saturated carbocycles. The van der Waals surface area contributed by atoms with E-state index < -0.39 is 16.1 Å². The Morgan fingerprint density at radius 3 is 2.47 bits per heavy atom. The van der Waals surface area contributed by atoms with Crippen LogP contribution in [0.2, 0.25) is 5.02 Å². The first-order valence-electron chi connectivity index (χ1n) is 11.0. The summed E-state index contributed by atoms with van der Waals surface area (Å²) >= 11 is 6.09. The second-order valence-electron chi connectivity index (χ2n) is 7.86. The van der Waals surface area contributed by atoms with Crippen molar-refractivity contribution in [2.24, 2.45) is 0 Å². The number of amides is 2. The molecular weight excluding hydrogens is 478 g/mol. The molecule has 0 bridgehead atoms. The minimum absolute atomic E-state index is 0.0697. The van der Waals surface area contributed by atoms with E-state index in [-0.39, 0.29) is 37.7 Å². The molecule has 0 heterocycles. The van der Waals surface area contributed by atoms with E-state index in [0.717, 1.165) is 11.8 Å². The summed E-state index contributed by atoms with van der Waals surface area (Å²) in [5.41, 5.74) is 1.26. The Hall–Kier alpha value is -2.78. The van der Waals surface area contributed by atoms with Crippen LogP contribution in [0.15, 0.2) is 48.5 Å². The highest BCUT2D eigenvalue weighted by atomic mass is 35.5. The molecule has 2 aromatic rings. The molecule has 186 valence electrons. The summed E-state index contributed by atoms with van der Waals surface area (Å²) < 4.78 is 31.3. The molecule has 1 atom stereocenters. The molecule has 2 rings (SSSR count). The first-order chi connectivity index (χ1) is 16.1. The molecule has 10 heteroatoms. The van der Waals surface area contributed by atoms with E-state index in [1.165, 1.54) is 16.3 Å². The Bertz CT molecular complexity index is 1090. The molecular formula is C24H32ClN3O5S. The first-order valence-corrected chi connectivity index (χ1v) is 13.2. The topological polar surface area (TPSA) is 96.0 Å². The van der Waals surface area contributed by atoms with Crippen LogP contribution in [0.25, 0.3) is 0 Å². The molecule has 2 aromatic carbocycles. The molecule has 0 aliphatic carbocycles. The van der Waals surface area contributed by atoms with Crippen molar-refractivity contribution in [1.29, 1.82) is 0 Å². The van der Waals surface area contributed by atoms with Crippen molar-refractivity contribution < 1.29 is 22.7 Å². The molecule has 0 aliphatic heterocycles. The molecule has 0 unspecified atom stereocenters. The number of halogens is 1. The van der Waals surface area contributed by atoms with Gasteiger partial charge in [-0.2, -0.15) is 0 Å². The zero-order valence-corrected chi connectivity index (χ0v) is 21.5. The minimum Gasteiger partial charge on any atom is -0.497 e. The standard InChI is InChI=1S/C24H32ClN3O5S/c1-5-26-24(30)18(2)27(17-19-9-6-10-20(25)15-19)23(29)13-8-14-28(34(4,31)32)21-11-7-12-22(16-21)33-3/h6-7,9-12,15-16,18H,5,8,13-14,17H2,1-4H3,(H,26,30)/t18-/m1/s1. The molecule has 1 N–H and O–H groups in total. The maximum Gasteiger partial charge on any atom is 0.242 e. The lowest BCUT2D eigenvalue weighted by molar-refractivity contribution is -0.140. The van der Waals surface area contributed by atoms with Gasteiger partial charge in [-0.3, -0.25) is 13.9 Å². The highest BCUT2D eigenvalue weighted by Crippen LogP contribution is 2.24. The van der Waals surface area contributed by atoms with E-state index >= 15 is 0 Å². The van der Waals surface area contributed by atoms with Gasteiger partial charge in [0, 0.05) is 37.1 Å². The lowest BCUT2D eigenvalue weighted by Gasteiger charge is -2.29. The fraction of sp³-hybridized carbons (Fsp3) is 0.417. The number of likely N-dealkylation sites (N-methyl/N-ethyl adjacent to an activating group) is 1. The molecule has 34 heavy (non-hydrogen) atoms. The zero-order chi connectivity index (χ0) is 25.3. The van der Waals surface area contributed by atoms with E-state index in [1.807, 2.05) is 13.0 Å². The van der Waals surface area contributed by atoms with Crippen LogP contribution in [-0.4, -0.2) is 57.6 Å². The van der Waals surface area contributed by atoms with Gasteiger partial charge in [0.25, 0.3) is 0 Å². The molecule has 2 amide bonds. The lowest BCUT2D eigenvalue weighted by atomic mass is 10.1. The van der Waals surface area contributed by atoms with Gasteiger partial charge in [0.1, 0.15) is 11.8 Å². The monoisotopic (exact) mass is 509 g/mol. The van der Waals surface area contributed by atoms with Crippen molar-refractivity contribution in [3.8, 4) is 5.75 Å². The molecule has 0 spiro atoms. The Morgan fingerprint density at radius 2 is 1.85 bits per heavy atom. The second kappa shape index (κ2) is 12.6. The van der Waals surface area contributed by atoms with Gasteiger partial charge in [0.2, 0.25) is 21.8 Å². The number of rotatable bonds is 12. The predicted molar refractivity (Wildman–Crippen MR) is 135 cm³/mol. The fourth-order valence-electron chi connectivity index (χ4n) is 3.51. The molecule has 0 saturated heterocycles. The largest absolute Gasteiger partial charge is 0.497 e. The Labute approximate surface area is 206 Å². The van der Waals surface area contributed by atoms with Crippen LogP contribution in [0, 0.1) is 0 Å². The third kappa shape index (κ3) is 7.92. The number of carbonyl (C=O) groups excluding carboxylic acids is 2. The van der Waals surface area contributed by atoms with E-state index in [4.69, 9.17) is 16.3 Å². The van der Waals surface area contributed by atoms with Crippen LogP contribution in [0.4, 0.5) is 5.69 Å². The summed E-state index contributed by atoms with van der Waals surface area (Å²) in [6.07, 6.45) is 1.47. The van der Waals surface area contributed by atoms with E-state index in [1.54, 1.807) is 49.4 Å². The molecule has 0 radical (unpaired) electrons. The number of sulfonamides is 1. The van der Waals surface area contributed by atoms with E-state index in [0.29, 0.717) is 23.0 Å². The molecule has 0 fully saturated rings. The second-order valence-corrected chi connectivity index (χ2v) is 10.2. The number of nitrogens with zero attached hydrogens (tertiary/aromatic N) is 2. The number of anilines is 1. The zero-order valence-electron chi connectivity index (χ0n) is 20.0. The van der Waals surface area contributed by atoms with Crippen molar-refractivity contribution in [2.75, 3.05) is 30.8 Å². The van der Waals surface area contributed by atoms with Crippen molar-refractivity contribution in [3.05, 3.63) is 59.1 Å². The Morgan fingerprint density at radius 1 is 1.15 bits per heavy atom. The fourth-order valence-corrected chi connectivity index (χ4v) is 4.68. The molecule has 0 aromatic heterocycles. The summed E-state index contributed by atoms with van der Waals surface area (Å²) in [5.74, 6) is 0.0236. The van der Waals surface area contributed by atoms with Crippen LogP contribution in [-0.2, 0) is 26.2 Å². The third-order valence-corrected chi connectivity index (χ3v) is 6.68. The third-order valence-electron chi connectivity index (χ3n) is 5.25. The van der Waals surface area contributed by atoms with Gasteiger partial charge in [0.05, 0.1) is 19.1 Å². The SMILES string of the molecule is CCNC(=O)[C@@H](C)N(Cc1cccc(Cl)c1)C(=O)CCCN(c1cccc(OC)c1)S(C)(=O)=O. The first kappa shape index (κ1) is 27.5. The van der Waals surface area contributed by atoms with Gasteiger partial charge >= 0.3 is 0 Å². The highest BCUT2D eigenvalue weighted by Gasteiger charge is 2.26. The van der Waals surface area contributed by atoms with Crippen LogP contribution >= 0.6 is 11.6 Å². The number of carbonyl (C=O) groups is 2. The number of benzene rings is 2. The minimum atomic E-state index is -3.58. The van der Waals surface area contributed by atoms with Gasteiger partial charge in [-0.15, -0.1) is 0 Å². The summed E-state index contributed by atoms with van der Waals surface area (Å²) in [6.45, 7) is 4.26. The number of ether oxygens (including phenoxy) is 1. The Kier molecular flexibility index (Phi) is 10.2. The van der Waals surface area contributed by atoms with Crippen LogP contribution in [0.5, 0.6) is 5.75 Å². The maximum atomic E-state index is 13.2. The summed E-state index contributed by atoms with van der Waals surface area (Å²) in [7, 11) is -2.07. The quantitative estimate of drug-likeness (QED) is 0.472. The van der Waals surface area contributed by atoms with Crippen molar-refractivity contribution in [2.45, 2.75) is 39.3 Å². The molecule has 8 nitrogen and oxygen atoms in total. The van der Waals surface area contributed by atoms with Gasteiger partial charge < -0.3 is 15.0 Å². The summed E-state index contributed by atoms with van der Waals surface area (Å²) in [4.78, 5) is 27.1. The predicted octanol–water partition coefficient (Wildman–Crippen LogP) is 3.45. The summed E-state index contributed by atoms with van der Waals surface area (Å²) in [5, 5.41) is 3.29. The molecule has 0 aliphatic rings. The number of methoxy groups -OCH3 is 1. The van der Waals surface area contributed by atoms with E-state index in [2.05, 4.69) is 5.32 Å². The number of nitrogens with one attached hydrogen (secondary N) is 1. The van der Waals surface area contributed by atoms with Crippen LogP contribution in [0.1, 0.15) is 32.3 Å². The van der Waals surface area contributed by atoms with Crippen molar-refractivity contribution >= 4 is 39.1 Å². The normalized spacial score (nSPS) is 12.0. The van der Waals surface area contributed by atoms with Gasteiger partial charge in [0.15, 0.2) is 0 Å². The maximum absolute atomic E-state index is 13.2. The number of hydrogen-bond acceptors (Lipinski definition) is 5. The average molecular weight is 510 g/mol. The average Bonchev–Trinajstić information content (AvgIpc) is 2.79. The van der Waals surface area contributed by atoms with Crippen molar-refractivity contribution in [3.63, 3.8) is 0 Å². The van der Waals surface area contributed by atoms with Crippen LogP contribution < -0.4 is 14.4 Å². The van der Waals surface area contributed by atoms with Gasteiger partial charge in [-0.05, 0) is 50.1 Å². The Balaban J connectivity index is 2.16. The van der Waals surface area contributed by atoms with E-state index in [9.17, 15) is 18.0 Å².